The van der Waals surface area contributed by atoms with Crippen LogP contribution in [0.15, 0.2) is 28.7 Å². The average Bonchev–Trinajstić information content (AvgIpc) is 2.19. The lowest BCUT2D eigenvalue weighted by molar-refractivity contribution is -0.120. The lowest BCUT2D eigenvalue weighted by Crippen LogP contribution is -2.36. The van der Waals surface area contributed by atoms with E-state index >= 15 is 0 Å². The van der Waals surface area contributed by atoms with Crippen LogP contribution in [0.3, 0.4) is 0 Å². The summed E-state index contributed by atoms with van der Waals surface area (Å²) in [6.45, 7) is 1.89. The van der Waals surface area contributed by atoms with Gasteiger partial charge in [-0.1, -0.05) is 40.3 Å². The molecule has 0 spiro atoms. The van der Waals surface area contributed by atoms with Gasteiger partial charge >= 0.3 is 0 Å². The molecular weight excluding hydrogens is 300 g/mol. The van der Waals surface area contributed by atoms with Crippen LogP contribution in [0.5, 0.6) is 0 Å². The van der Waals surface area contributed by atoms with Gasteiger partial charge in [-0.25, -0.2) is 0 Å². The molecule has 1 aromatic rings. The van der Waals surface area contributed by atoms with Crippen molar-refractivity contribution in [3.8, 4) is 0 Å². The van der Waals surface area contributed by atoms with Crippen molar-refractivity contribution in [3.05, 3.63) is 34.3 Å². The summed E-state index contributed by atoms with van der Waals surface area (Å²) >= 11 is 8.14. The van der Waals surface area contributed by atoms with E-state index in [0.717, 1.165) is 10.0 Å². The summed E-state index contributed by atoms with van der Waals surface area (Å²) < 4.78 is 1.00. The van der Waals surface area contributed by atoms with Crippen molar-refractivity contribution < 1.29 is 4.79 Å². The SMILES string of the molecule is CC(CC(N)=S)NC(=O)Cc1ccc(Br)cc1. The smallest absolute Gasteiger partial charge is 0.224 e. The van der Waals surface area contributed by atoms with Gasteiger partial charge < -0.3 is 11.1 Å². The first-order valence-electron chi connectivity index (χ1n) is 5.29. The molecule has 1 aromatic carbocycles. The Hall–Kier alpha value is -0.940. The Kier molecular flexibility index (Phi) is 5.58. The molecule has 3 N–H and O–H groups in total. The van der Waals surface area contributed by atoms with Gasteiger partial charge in [0.1, 0.15) is 0 Å². The summed E-state index contributed by atoms with van der Waals surface area (Å²) in [7, 11) is 0. The van der Waals surface area contributed by atoms with E-state index in [1.165, 1.54) is 0 Å². The van der Waals surface area contributed by atoms with Gasteiger partial charge in [-0.3, -0.25) is 4.79 Å². The number of carbonyl (C=O) groups excluding carboxylic acids is 1. The molecule has 0 saturated heterocycles. The first kappa shape index (κ1) is 14.1. The van der Waals surface area contributed by atoms with E-state index in [0.29, 0.717) is 17.8 Å². The fraction of sp³-hybridized carbons (Fsp3) is 0.333. The highest BCUT2D eigenvalue weighted by atomic mass is 79.9. The number of thiocarbonyl (C=S) groups is 1. The van der Waals surface area contributed by atoms with E-state index in [4.69, 9.17) is 18.0 Å². The zero-order valence-corrected chi connectivity index (χ0v) is 12.0. The summed E-state index contributed by atoms with van der Waals surface area (Å²) in [6.07, 6.45) is 0.899. The molecule has 1 rings (SSSR count). The lowest BCUT2D eigenvalue weighted by Gasteiger charge is -2.12. The van der Waals surface area contributed by atoms with Crippen molar-refractivity contribution in [1.82, 2.24) is 5.32 Å². The maximum Gasteiger partial charge on any atom is 0.224 e. The van der Waals surface area contributed by atoms with Crippen LogP contribution in [0.25, 0.3) is 0 Å². The highest BCUT2D eigenvalue weighted by molar-refractivity contribution is 9.10. The maximum absolute atomic E-state index is 11.7. The topological polar surface area (TPSA) is 55.1 Å². The molecule has 0 aromatic heterocycles. The zero-order chi connectivity index (χ0) is 12.8. The van der Waals surface area contributed by atoms with E-state index in [9.17, 15) is 4.79 Å². The van der Waals surface area contributed by atoms with Crippen LogP contribution in [0, 0.1) is 0 Å². The number of hydrogen-bond donors (Lipinski definition) is 2. The number of halogens is 1. The fourth-order valence-corrected chi connectivity index (χ4v) is 1.98. The predicted octanol–water partition coefficient (Wildman–Crippen LogP) is 2.17. The number of nitrogens with one attached hydrogen (secondary N) is 1. The molecule has 0 heterocycles. The van der Waals surface area contributed by atoms with Crippen LogP contribution in [-0.4, -0.2) is 16.9 Å². The number of amides is 1. The molecule has 1 unspecified atom stereocenters. The first-order valence-corrected chi connectivity index (χ1v) is 6.49. The van der Waals surface area contributed by atoms with Crippen LogP contribution in [0.1, 0.15) is 18.9 Å². The molecule has 3 nitrogen and oxygen atoms in total. The third kappa shape index (κ3) is 5.79. The van der Waals surface area contributed by atoms with Crippen molar-refractivity contribution in [2.45, 2.75) is 25.8 Å². The molecule has 1 amide bonds. The molecule has 0 bridgehead atoms. The Morgan fingerprint density at radius 3 is 2.59 bits per heavy atom. The molecule has 5 heteroatoms. The molecule has 0 radical (unpaired) electrons. The van der Waals surface area contributed by atoms with Crippen molar-refractivity contribution in [2.24, 2.45) is 5.73 Å². The van der Waals surface area contributed by atoms with Crippen molar-refractivity contribution in [2.75, 3.05) is 0 Å². The largest absolute Gasteiger partial charge is 0.393 e. The van der Waals surface area contributed by atoms with Gasteiger partial charge in [-0.2, -0.15) is 0 Å². The van der Waals surface area contributed by atoms with Crippen LogP contribution in [-0.2, 0) is 11.2 Å². The van der Waals surface area contributed by atoms with E-state index in [-0.39, 0.29) is 11.9 Å². The standard InChI is InChI=1S/C12H15BrN2OS/c1-8(6-11(14)17)15-12(16)7-9-2-4-10(13)5-3-9/h2-5,8H,6-7H2,1H3,(H2,14,17)(H,15,16). The molecule has 0 saturated carbocycles. The van der Waals surface area contributed by atoms with E-state index < -0.39 is 0 Å². The van der Waals surface area contributed by atoms with Gasteiger partial charge in [0.15, 0.2) is 0 Å². The minimum absolute atomic E-state index is 0.0175. The van der Waals surface area contributed by atoms with Gasteiger partial charge in [0.2, 0.25) is 5.91 Å². The van der Waals surface area contributed by atoms with Crippen LogP contribution in [0.2, 0.25) is 0 Å². The Balaban J connectivity index is 2.44. The van der Waals surface area contributed by atoms with Crippen molar-refractivity contribution in [3.63, 3.8) is 0 Å². The number of carbonyl (C=O) groups is 1. The quantitative estimate of drug-likeness (QED) is 0.819. The third-order valence-electron chi connectivity index (χ3n) is 2.19. The fourth-order valence-electron chi connectivity index (χ4n) is 1.47. The highest BCUT2D eigenvalue weighted by Gasteiger charge is 2.08. The van der Waals surface area contributed by atoms with Gasteiger partial charge in [-0.15, -0.1) is 0 Å². The van der Waals surface area contributed by atoms with E-state index in [1.54, 1.807) is 0 Å². The van der Waals surface area contributed by atoms with Crippen molar-refractivity contribution >= 4 is 39.0 Å². The zero-order valence-electron chi connectivity index (χ0n) is 9.57. The van der Waals surface area contributed by atoms with Crippen LogP contribution >= 0.6 is 28.1 Å². The van der Waals surface area contributed by atoms with Gasteiger partial charge in [0.25, 0.3) is 0 Å². The summed E-state index contributed by atoms with van der Waals surface area (Å²) in [6, 6.07) is 7.65. The molecule has 0 aliphatic heterocycles. The lowest BCUT2D eigenvalue weighted by atomic mass is 10.1. The molecule has 92 valence electrons. The number of hydrogen-bond acceptors (Lipinski definition) is 2. The summed E-state index contributed by atoms with van der Waals surface area (Å²) in [5.41, 5.74) is 6.39. The average molecular weight is 315 g/mol. The summed E-state index contributed by atoms with van der Waals surface area (Å²) in [4.78, 5) is 12.1. The summed E-state index contributed by atoms with van der Waals surface area (Å²) in [5, 5.41) is 2.86. The first-order chi connectivity index (χ1) is 7.97. The molecule has 0 aliphatic carbocycles. The molecule has 0 fully saturated rings. The van der Waals surface area contributed by atoms with Crippen LogP contribution in [0.4, 0.5) is 0 Å². The highest BCUT2D eigenvalue weighted by Crippen LogP contribution is 2.10. The molecule has 0 aliphatic rings. The molecule has 17 heavy (non-hydrogen) atoms. The van der Waals surface area contributed by atoms with E-state index in [1.807, 2.05) is 31.2 Å². The predicted molar refractivity (Wildman–Crippen MR) is 76.9 cm³/mol. The maximum atomic E-state index is 11.7. The minimum Gasteiger partial charge on any atom is -0.393 e. The van der Waals surface area contributed by atoms with Crippen LogP contribution < -0.4 is 11.1 Å². The molecular formula is C12H15BrN2OS. The second kappa shape index (κ2) is 6.71. The van der Waals surface area contributed by atoms with E-state index in [2.05, 4.69) is 21.2 Å². The Bertz CT molecular complexity index is 405. The van der Waals surface area contributed by atoms with Gasteiger partial charge in [0, 0.05) is 16.9 Å². The Morgan fingerprint density at radius 1 is 1.47 bits per heavy atom. The second-order valence-electron chi connectivity index (χ2n) is 3.94. The monoisotopic (exact) mass is 314 g/mol. The summed E-state index contributed by atoms with van der Waals surface area (Å²) in [5.74, 6) is -0.0175. The number of nitrogens with two attached hydrogens (primary N) is 1. The number of rotatable bonds is 5. The second-order valence-corrected chi connectivity index (χ2v) is 5.38. The molecule has 1 atom stereocenters. The van der Waals surface area contributed by atoms with Gasteiger partial charge in [0.05, 0.1) is 11.4 Å². The van der Waals surface area contributed by atoms with Crippen molar-refractivity contribution in [1.29, 1.82) is 0 Å². The minimum atomic E-state index is -0.0181. The van der Waals surface area contributed by atoms with Gasteiger partial charge in [-0.05, 0) is 24.6 Å². The Morgan fingerprint density at radius 2 is 2.06 bits per heavy atom. The Labute approximate surface area is 115 Å². The number of benzene rings is 1. The normalized spacial score (nSPS) is 11.9. The third-order valence-corrected chi connectivity index (χ3v) is 2.89.